The van der Waals surface area contributed by atoms with Gasteiger partial charge in [0.1, 0.15) is 0 Å². The predicted molar refractivity (Wildman–Crippen MR) is 52.2 cm³/mol. The SMILES string of the molecule is CC1CNc2c(N)cc(N)cc21. The molecule has 3 heteroatoms. The Hall–Kier alpha value is -1.38. The first-order valence-corrected chi connectivity index (χ1v) is 4.11. The summed E-state index contributed by atoms with van der Waals surface area (Å²) in [5.41, 5.74) is 15.3. The van der Waals surface area contributed by atoms with Crippen molar-refractivity contribution in [2.75, 3.05) is 23.3 Å². The molecule has 0 bridgehead atoms. The first kappa shape index (κ1) is 7.28. The Morgan fingerprint density at radius 2 is 2.17 bits per heavy atom. The highest BCUT2D eigenvalue weighted by Gasteiger charge is 2.20. The second-order valence-electron chi connectivity index (χ2n) is 3.36. The molecule has 1 atom stereocenters. The van der Waals surface area contributed by atoms with Gasteiger partial charge in [-0.1, -0.05) is 6.92 Å². The summed E-state index contributed by atoms with van der Waals surface area (Å²) in [4.78, 5) is 0. The van der Waals surface area contributed by atoms with E-state index in [1.807, 2.05) is 6.07 Å². The zero-order chi connectivity index (χ0) is 8.72. The molecule has 0 aromatic heterocycles. The summed E-state index contributed by atoms with van der Waals surface area (Å²) in [6.07, 6.45) is 0. The third-order valence-corrected chi connectivity index (χ3v) is 2.34. The summed E-state index contributed by atoms with van der Waals surface area (Å²) in [5.74, 6) is 0.519. The minimum absolute atomic E-state index is 0.519. The van der Waals surface area contributed by atoms with Gasteiger partial charge in [-0.25, -0.2) is 0 Å². The highest BCUT2D eigenvalue weighted by Crippen LogP contribution is 2.37. The summed E-state index contributed by atoms with van der Waals surface area (Å²) >= 11 is 0. The number of nitrogens with one attached hydrogen (secondary N) is 1. The van der Waals surface area contributed by atoms with Crippen LogP contribution in [0.3, 0.4) is 0 Å². The summed E-state index contributed by atoms with van der Waals surface area (Å²) in [6, 6.07) is 3.79. The van der Waals surface area contributed by atoms with Gasteiger partial charge in [0.25, 0.3) is 0 Å². The van der Waals surface area contributed by atoms with Crippen molar-refractivity contribution < 1.29 is 0 Å². The van der Waals surface area contributed by atoms with E-state index in [0.717, 1.165) is 23.6 Å². The van der Waals surface area contributed by atoms with E-state index in [9.17, 15) is 0 Å². The van der Waals surface area contributed by atoms with E-state index >= 15 is 0 Å². The number of anilines is 3. The fraction of sp³-hybridized carbons (Fsp3) is 0.333. The van der Waals surface area contributed by atoms with Crippen molar-refractivity contribution >= 4 is 17.1 Å². The van der Waals surface area contributed by atoms with Crippen LogP contribution < -0.4 is 16.8 Å². The van der Waals surface area contributed by atoms with E-state index in [0.29, 0.717) is 5.92 Å². The van der Waals surface area contributed by atoms with Gasteiger partial charge < -0.3 is 16.8 Å². The molecule has 0 amide bonds. The third-order valence-electron chi connectivity index (χ3n) is 2.34. The van der Waals surface area contributed by atoms with E-state index in [-0.39, 0.29) is 0 Å². The lowest BCUT2D eigenvalue weighted by atomic mass is 10.0. The quantitative estimate of drug-likeness (QED) is 0.506. The minimum atomic E-state index is 0.519. The van der Waals surface area contributed by atoms with E-state index < -0.39 is 0 Å². The average molecular weight is 163 g/mol. The Labute approximate surface area is 71.8 Å². The van der Waals surface area contributed by atoms with Gasteiger partial charge in [-0.2, -0.15) is 0 Å². The van der Waals surface area contributed by atoms with Crippen LogP contribution in [-0.2, 0) is 0 Å². The fourth-order valence-electron chi connectivity index (χ4n) is 1.67. The van der Waals surface area contributed by atoms with E-state index in [1.165, 1.54) is 5.56 Å². The Balaban J connectivity index is 2.60. The van der Waals surface area contributed by atoms with E-state index in [1.54, 1.807) is 6.07 Å². The zero-order valence-electron chi connectivity index (χ0n) is 7.09. The van der Waals surface area contributed by atoms with Gasteiger partial charge in [0.2, 0.25) is 0 Å². The van der Waals surface area contributed by atoms with Crippen LogP contribution in [0.25, 0.3) is 0 Å². The van der Waals surface area contributed by atoms with Gasteiger partial charge in [-0.3, -0.25) is 0 Å². The standard InChI is InChI=1S/C9H13N3/c1-5-4-12-9-7(5)2-6(10)3-8(9)11/h2-3,5,12H,4,10-11H2,1H3. The summed E-state index contributed by atoms with van der Waals surface area (Å²) in [7, 11) is 0. The minimum Gasteiger partial charge on any atom is -0.399 e. The number of fused-ring (bicyclic) bond motifs is 1. The predicted octanol–water partition coefficient (Wildman–Crippen LogP) is 1.38. The molecule has 0 aliphatic carbocycles. The molecule has 0 spiro atoms. The highest BCUT2D eigenvalue weighted by molar-refractivity contribution is 5.77. The topological polar surface area (TPSA) is 64.1 Å². The number of nitrogens with two attached hydrogens (primary N) is 2. The maximum atomic E-state index is 5.79. The van der Waals surface area contributed by atoms with Crippen molar-refractivity contribution in [2.45, 2.75) is 12.8 Å². The molecule has 12 heavy (non-hydrogen) atoms. The molecule has 0 saturated carbocycles. The second-order valence-corrected chi connectivity index (χ2v) is 3.36. The molecule has 1 unspecified atom stereocenters. The summed E-state index contributed by atoms with van der Waals surface area (Å²) in [6.45, 7) is 3.13. The van der Waals surface area contributed by atoms with Crippen molar-refractivity contribution in [3.63, 3.8) is 0 Å². The Morgan fingerprint density at radius 1 is 1.42 bits per heavy atom. The molecular weight excluding hydrogens is 150 g/mol. The lowest BCUT2D eigenvalue weighted by Gasteiger charge is -2.06. The molecule has 0 fully saturated rings. The first-order valence-electron chi connectivity index (χ1n) is 4.11. The number of hydrogen-bond donors (Lipinski definition) is 3. The monoisotopic (exact) mass is 163 g/mol. The normalized spacial score (nSPS) is 20.2. The molecule has 1 heterocycles. The molecular formula is C9H13N3. The maximum Gasteiger partial charge on any atom is 0.0611 e. The lowest BCUT2D eigenvalue weighted by molar-refractivity contribution is 0.854. The van der Waals surface area contributed by atoms with Gasteiger partial charge in [0.05, 0.1) is 11.4 Å². The van der Waals surface area contributed by atoms with Gasteiger partial charge in [0.15, 0.2) is 0 Å². The number of rotatable bonds is 0. The van der Waals surface area contributed by atoms with Crippen LogP contribution in [0.1, 0.15) is 18.4 Å². The maximum absolute atomic E-state index is 5.79. The van der Waals surface area contributed by atoms with Gasteiger partial charge in [-0.05, 0) is 17.7 Å². The van der Waals surface area contributed by atoms with Crippen LogP contribution in [0.2, 0.25) is 0 Å². The zero-order valence-corrected chi connectivity index (χ0v) is 7.09. The molecule has 1 aromatic carbocycles. The molecule has 0 saturated heterocycles. The van der Waals surface area contributed by atoms with Gasteiger partial charge in [0, 0.05) is 18.2 Å². The van der Waals surface area contributed by atoms with Crippen molar-refractivity contribution in [2.24, 2.45) is 0 Å². The number of benzene rings is 1. The van der Waals surface area contributed by atoms with Gasteiger partial charge >= 0.3 is 0 Å². The number of hydrogen-bond acceptors (Lipinski definition) is 3. The van der Waals surface area contributed by atoms with Crippen molar-refractivity contribution in [3.8, 4) is 0 Å². The second kappa shape index (κ2) is 2.30. The Bertz CT molecular complexity index is 320. The van der Waals surface area contributed by atoms with Crippen molar-refractivity contribution in [1.29, 1.82) is 0 Å². The summed E-state index contributed by atoms with van der Waals surface area (Å²) < 4.78 is 0. The molecule has 0 radical (unpaired) electrons. The van der Waals surface area contributed by atoms with Crippen LogP contribution in [0.5, 0.6) is 0 Å². The van der Waals surface area contributed by atoms with Crippen molar-refractivity contribution in [3.05, 3.63) is 17.7 Å². The Kier molecular flexibility index (Phi) is 1.40. The molecule has 5 N–H and O–H groups in total. The first-order chi connectivity index (χ1) is 5.68. The van der Waals surface area contributed by atoms with Crippen LogP contribution >= 0.6 is 0 Å². The molecule has 2 rings (SSSR count). The summed E-state index contributed by atoms with van der Waals surface area (Å²) in [5, 5.41) is 3.26. The van der Waals surface area contributed by atoms with E-state index in [4.69, 9.17) is 11.5 Å². The largest absolute Gasteiger partial charge is 0.399 e. The van der Waals surface area contributed by atoms with Crippen LogP contribution in [0, 0.1) is 0 Å². The van der Waals surface area contributed by atoms with Crippen LogP contribution in [0.4, 0.5) is 17.1 Å². The number of nitrogen functional groups attached to an aromatic ring is 2. The fourth-order valence-corrected chi connectivity index (χ4v) is 1.67. The van der Waals surface area contributed by atoms with E-state index in [2.05, 4.69) is 12.2 Å². The molecule has 1 aromatic rings. The van der Waals surface area contributed by atoms with Crippen LogP contribution in [-0.4, -0.2) is 6.54 Å². The van der Waals surface area contributed by atoms with Crippen molar-refractivity contribution in [1.82, 2.24) is 0 Å². The molecule has 1 aliphatic rings. The van der Waals surface area contributed by atoms with Crippen LogP contribution in [0.15, 0.2) is 12.1 Å². The Morgan fingerprint density at radius 3 is 2.92 bits per heavy atom. The molecule has 3 nitrogen and oxygen atoms in total. The average Bonchev–Trinajstić information content (AvgIpc) is 2.33. The lowest BCUT2D eigenvalue weighted by Crippen LogP contribution is -1.97. The molecule has 1 aliphatic heterocycles. The van der Waals surface area contributed by atoms with Gasteiger partial charge in [-0.15, -0.1) is 0 Å². The third kappa shape index (κ3) is 0.897. The smallest absolute Gasteiger partial charge is 0.0611 e. The highest BCUT2D eigenvalue weighted by atomic mass is 14.9. The molecule has 64 valence electrons.